The summed E-state index contributed by atoms with van der Waals surface area (Å²) in [4.78, 5) is 21.8. The zero-order valence-electron chi connectivity index (χ0n) is 16.6. The number of para-hydroxylation sites is 1. The van der Waals surface area contributed by atoms with Crippen LogP contribution in [0.1, 0.15) is 21.6 Å². The molecule has 29 heavy (non-hydrogen) atoms. The number of nitriles is 1. The summed E-state index contributed by atoms with van der Waals surface area (Å²) in [5, 5.41) is 21.3. The Labute approximate surface area is 168 Å². The zero-order valence-corrected chi connectivity index (χ0v) is 16.6. The summed E-state index contributed by atoms with van der Waals surface area (Å²) in [6, 6.07) is 10.8. The molecular weight excluding hydrogens is 370 g/mol. The third-order valence-corrected chi connectivity index (χ3v) is 4.29. The first kappa shape index (κ1) is 19.9. The van der Waals surface area contributed by atoms with Gasteiger partial charge in [-0.3, -0.25) is 14.3 Å². The smallest absolute Gasteiger partial charge is 0.279 e. The van der Waals surface area contributed by atoms with E-state index in [1.54, 1.807) is 35.0 Å². The van der Waals surface area contributed by atoms with Crippen molar-refractivity contribution >= 4 is 28.8 Å². The SMILES string of the molecule is CON(C)C(=O)c1ccccc1Nc1cc(Nc2cn(C)nc2C)ncc1C#N. The van der Waals surface area contributed by atoms with Crippen LogP contribution < -0.4 is 10.6 Å². The van der Waals surface area contributed by atoms with E-state index in [9.17, 15) is 10.1 Å². The monoisotopic (exact) mass is 391 g/mol. The van der Waals surface area contributed by atoms with Crippen molar-refractivity contribution in [3.8, 4) is 6.07 Å². The fourth-order valence-electron chi connectivity index (χ4n) is 2.75. The molecule has 3 rings (SSSR count). The molecule has 0 fully saturated rings. The number of rotatable bonds is 6. The van der Waals surface area contributed by atoms with E-state index in [0.717, 1.165) is 16.4 Å². The van der Waals surface area contributed by atoms with Gasteiger partial charge < -0.3 is 10.6 Å². The van der Waals surface area contributed by atoms with Crippen LogP contribution in [0.3, 0.4) is 0 Å². The second-order valence-corrected chi connectivity index (χ2v) is 6.31. The molecule has 1 aromatic carbocycles. The topological polar surface area (TPSA) is 108 Å². The average molecular weight is 391 g/mol. The largest absolute Gasteiger partial charge is 0.354 e. The van der Waals surface area contributed by atoms with Crippen molar-refractivity contribution in [1.82, 2.24) is 19.8 Å². The van der Waals surface area contributed by atoms with Crippen molar-refractivity contribution in [2.45, 2.75) is 6.92 Å². The summed E-state index contributed by atoms with van der Waals surface area (Å²) in [6.45, 7) is 1.89. The highest BCUT2D eigenvalue weighted by Crippen LogP contribution is 2.27. The second-order valence-electron chi connectivity index (χ2n) is 6.31. The predicted molar refractivity (Wildman–Crippen MR) is 109 cm³/mol. The fourth-order valence-corrected chi connectivity index (χ4v) is 2.75. The predicted octanol–water partition coefficient (Wildman–Crippen LogP) is 3.12. The first-order valence-electron chi connectivity index (χ1n) is 8.78. The molecule has 2 aromatic heterocycles. The van der Waals surface area contributed by atoms with Crippen LogP contribution in [-0.4, -0.2) is 39.9 Å². The molecule has 3 aromatic rings. The molecule has 2 N–H and O–H groups in total. The molecule has 1 amide bonds. The number of aryl methyl sites for hydroxylation is 2. The number of hydrogen-bond acceptors (Lipinski definition) is 7. The van der Waals surface area contributed by atoms with Gasteiger partial charge in [0.2, 0.25) is 0 Å². The van der Waals surface area contributed by atoms with Crippen LogP contribution in [0.4, 0.5) is 22.9 Å². The molecule has 0 radical (unpaired) electrons. The summed E-state index contributed by atoms with van der Waals surface area (Å²) in [7, 11) is 4.79. The Bertz CT molecular complexity index is 1080. The van der Waals surface area contributed by atoms with Crippen LogP contribution in [0.25, 0.3) is 0 Å². The van der Waals surface area contributed by atoms with E-state index in [4.69, 9.17) is 4.84 Å². The Morgan fingerprint density at radius 1 is 1.24 bits per heavy atom. The number of nitrogens with zero attached hydrogens (tertiary/aromatic N) is 5. The Hall–Kier alpha value is -3.90. The van der Waals surface area contributed by atoms with Gasteiger partial charge in [0.1, 0.15) is 11.9 Å². The maximum absolute atomic E-state index is 12.6. The lowest BCUT2D eigenvalue weighted by Gasteiger charge is -2.17. The van der Waals surface area contributed by atoms with E-state index >= 15 is 0 Å². The lowest BCUT2D eigenvalue weighted by Crippen LogP contribution is -2.26. The minimum atomic E-state index is -0.313. The molecule has 9 nitrogen and oxygen atoms in total. The molecule has 148 valence electrons. The van der Waals surface area contributed by atoms with Gasteiger partial charge in [-0.2, -0.15) is 10.4 Å². The van der Waals surface area contributed by atoms with Gasteiger partial charge in [0.15, 0.2) is 0 Å². The molecule has 0 unspecified atom stereocenters. The van der Waals surface area contributed by atoms with Crippen molar-refractivity contribution in [2.24, 2.45) is 7.05 Å². The fraction of sp³-hybridized carbons (Fsp3) is 0.200. The van der Waals surface area contributed by atoms with Gasteiger partial charge in [-0.05, 0) is 19.1 Å². The van der Waals surface area contributed by atoms with Crippen molar-refractivity contribution in [2.75, 3.05) is 24.8 Å². The number of aromatic nitrogens is 3. The molecule has 0 aliphatic heterocycles. The first-order valence-corrected chi connectivity index (χ1v) is 8.78. The van der Waals surface area contributed by atoms with Crippen molar-refractivity contribution < 1.29 is 9.63 Å². The molecule has 0 saturated carbocycles. The summed E-state index contributed by atoms with van der Waals surface area (Å²) in [6.07, 6.45) is 3.32. The van der Waals surface area contributed by atoms with Crippen LogP contribution in [0.2, 0.25) is 0 Å². The van der Waals surface area contributed by atoms with Crippen LogP contribution in [0.15, 0.2) is 42.7 Å². The number of benzene rings is 1. The highest BCUT2D eigenvalue weighted by molar-refractivity contribution is 5.99. The van der Waals surface area contributed by atoms with Gasteiger partial charge in [-0.1, -0.05) is 12.1 Å². The van der Waals surface area contributed by atoms with Gasteiger partial charge >= 0.3 is 0 Å². The molecule has 0 atom stereocenters. The Morgan fingerprint density at radius 2 is 2.00 bits per heavy atom. The zero-order chi connectivity index (χ0) is 21.0. The van der Waals surface area contributed by atoms with Gasteiger partial charge in [0, 0.05) is 32.6 Å². The number of anilines is 4. The lowest BCUT2D eigenvalue weighted by molar-refractivity contribution is -0.0756. The highest BCUT2D eigenvalue weighted by Gasteiger charge is 2.17. The van der Waals surface area contributed by atoms with E-state index in [0.29, 0.717) is 28.3 Å². The minimum Gasteiger partial charge on any atom is -0.354 e. The van der Waals surface area contributed by atoms with E-state index in [2.05, 4.69) is 26.8 Å². The quantitative estimate of drug-likeness (QED) is 0.622. The van der Waals surface area contributed by atoms with Crippen LogP contribution >= 0.6 is 0 Å². The number of pyridine rings is 1. The van der Waals surface area contributed by atoms with Gasteiger partial charge in [0.25, 0.3) is 5.91 Å². The summed E-state index contributed by atoms with van der Waals surface area (Å²) < 4.78 is 1.70. The standard InChI is InChI=1S/C20H21N7O2/c1-13-18(12-26(2)25-13)24-19-9-17(14(10-21)11-22-19)23-16-8-6-5-7-15(16)20(28)27(3)29-4/h5-9,11-12H,1-4H3,(H2,22,23,24). The van der Waals surface area contributed by atoms with Gasteiger partial charge in [-0.25, -0.2) is 10.0 Å². The molecule has 2 heterocycles. The average Bonchev–Trinajstić information content (AvgIpc) is 3.04. The van der Waals surface area contributed by atoms with E-state index < -0.39 is 0 Å². The highest BCUT2D eigenvalue weighted by atomic mass is 16.7. The summed E-state index contributed by atoms with van der Waals surface area (Å²) in [5.41, 5.74) is 3.47. The molecule has 0 bridgehead atoms. The summed E-state index contributed by atoms with van der Waals surface area (Å²) in [5.74, 6) is 0.230. The number of hydroxylamine groups is 2. The summed E-state index contributed by atoms with van der Waals surface area (Å²) >= 11 is 0. The van der Waals surface area contributed by atoms with Crippen LogP contribution in [-0.2, 0) is 11.9 Å². The second kappa shape index (κ2) is 8.41. The Kier molecular flexibility index (Phi) is 5.76. The number of amides is 1. The first-order chi connectivity index (χ1) is 13.9. The van der Waals surface area contributed by atoms with Crippen molar-refractivity contribution in [3.63, 3.8) is 0 Å². The number of hydrogen-bond donors (Lipinski definition) is 2. The number of nitrogens with one attached hydrogen (secondary N) is 2. The molecule has 9 heteroatoms. The maximum atomic E-state index is 12.6. The van der Waals surface area contributed by atoms with Gasteiger partial charge in [0.05, 0.1) is 41.0 Å². The number of carbonyl (C=O) groups excluding carboxylic acids is 1. The molecule has 0 aliphatic carbocycles. The van der Waals surface area contributed by atoms with E-state index in [1.807, 2.05) is 20.2 Å². The van der Waals surface area contributed by atoms with E-state index in [1.165, 1.54) is 20.4 Å². The van der Waals surface area contributed by atoms with E-state index in [-0.39, 0.29) is 5.91 Å². The molecule has 0 spiro atoms. The Morgan fingerprint density at radius 3 is 2.66 bits per heavy atom. The molecular formula is C20H21N7O2. The maximum Gasteiger partial charge on any atom is 0.279 e. The lowest BCUT2D eigenvalue weighted by atomic mass is 10.1. The van der Waals surface area contributed by atoms with Crippen LogP contribution in [0, 0.1) is 18.3 Å². The number of carbonyl (C=O) groups is 1. The third kappa shape index (κ3) is 4.34. The minimum absolute atomic E-state index is 0.313. The molecule has 0 saturated heterocycles. The van der Waals surface area contributed by atoms with Gasteiger partial charge in [-0.15, -0.1) is 0 Å². The van der Waals surface area contributed by atoms with Crippen molar-refractivity contribution in [3.05, 3.63) is 59.5 Å². The normalized spacial score (nSPS) is 10.3. The molecule has 0 aliphatic rings. The third-order valence-electron chi connectivity index (χ3n) is 4.29. The Balaban J connectivity index is 1.94. The van der Waals surface area contributed by atoms with Crippen LogP contribution in [0.5, 0.6) is 0 Å². The van der Waals surface area contributed by atoms with Crippen molar-refractivity contribution in [1.29, 1.82) is 5.26 Å².